The van der Waals surface area contributed by atoms with Crippen molar-refractivity contribution < 1.29 is 9.53 Å². The Bertz CT molecular complexity index is 701. The Morgan fingerprint density at radius 2 is 2.13 bits per heavy atom. The van der Waals surface area contributed by atoms with Crippen LogP contribution < -0.4 is 15.8 Å². The van der Waals surface area contributed by atoms with Crippen LogP contribution in [0.4, 0.5) is 5.95 Å². The van der Waals surface area contributed by atoms with Gasteiger partial charge in [-0.2, -0.15) is 0 Å². The number of rotatable bonds is 6. The zero-order valence-electron chi connectivity index (χ0n) is 13.7. The second-order valence-electron chi connectivity index (χ2n) is 5.20. The number of anilines is 1. The Morgan fingerprint density at radius 1 is 1.35 bits per heavy atom. The van der Waals surface area contributed by atoms with Crippen molar-refractivity contribution in [1.82, 2.24) is 15.3 Å². The molecule has 0 fully saturated rings. The molecular formula is C17H22N4O2. The molecule has 23 heavy (non-hydrogen) atoms. The zero-order chi connectivity index (χ0) is 16.8. The lowest BCUT2D eigenvalue weighted by atomic mass is 10.0. The van der Waals surface area contributed by atoms with Crippen LogP contribution in [0.15, 0.2) is 24.3 Å². The summed E-state index contributed by atoms with van der Waals surface area (Å²) in [7, 11) is 1.58. The summed E-state index contributed by atoms with van der Waals surface area (Å²) in [5, 5.41) is 2.62. The van der Waals surface area contributed by atoms with E-state index in [1.165, 1.54) is 0 Å². The number of nitrogens with one attached hydrogen (secondary N) is 1. The monoisotopic (exact) mass is 314 g/mol. The van der Waals surface area contributed by atoms with Gasteiger partial charge in [-0.05, 0) is 25.5 Å². The summed E-state index contributed by atoms with van der Waals surface area (Å²) in [6.45, 7) is 4.52. The van der Waals surface area contributed by atoms with E-state index in [-0.39, 0.29) is 11.9 Å². The number of carbonyl (C=O) groups is 1. The first-order chi connectivity index (χ1) is 11.1. The normalized spacial score (nSPS) is 10.4. The highest BCUT2D eigenvalue weighted by Crippen LogP contribution is 2.27. The molecule has 0 aliphatic heterocycles. The van der Waals surface area contributed by atoms with Gasteiger partial charge < -0.3 is 15.8 Å². The van der Waals surface area contributed by atoms with Crippen LogP contribution in [-0.4, -0.2) is 29.5 Å². The molecule has 6 heteroatoms. The Kier molecular flexibility index (Phi) is 5.51. The number of hydrogen-bond acceptors (Lipinski definition) is 5. The SMILES string of the molecule is CCCCOc1cccc(-c2nc(N)nc(C)c2C(=O)NC)c1. The zero-order valence-corrected chi connectivity index (χ0v) is 13.7. The lowest BCUT2D eigenvalue weighted by molar-refractivity contribution is 0.0962. The van der Waals surface area contributed by atoms with E-state index < -0.39 is 0 Å². The van der Waals surface area contributed by atoms with Gasteiger partial charge in [0.25, 0.3) is 5.91 Å². The first-order valence-corrected chi connectivity index (χ1v) is 7.66. The molecule has 0 aliphatic rings. The third-order valence-corrected chi connectivity index (χ3v) is 3.44. The predicted octanol–water partition coefficient (Wildman–Crippen LogP) is 2.57. The van der Waals surface area contributed by atoms with Crippen molar-refractivity contribution in [1.29, 1.82) is 0 Å². The number of ether oxygens (including phenoxy) is 1. The second-order valence-corrected chi connectivity index (χ2v) is 5.20. The molecule has 2 aromatic rings. The van der Waals surface area contributed by atoms with Crippen LogP contribution in [0.3, 0.4) is 0 Å². The lowest BCUT2D eigenvalue weighted by Crippen LogP contribution is -2.21. The van der Waals surface area contributed by atoms with Gasteiger partial charge >= 0.3 is 0 Å². The van der Waals surface area contributed by atoms with Crippen molar-refractivity contribution in [3.63, 3.8) is 0 Å². The number of benzene rings is 1. The minimum Gasteiger partial charge on any atom is -0.494 e. The average Bonchev–Trinajstić information content (AvgIpc) is 2.54. The molecule has 0 spiro atoms. The maximum Gasteiger partial charge on any atom is 0.255 e. The molecule has 0 atom stereocenters. The number of amides is 1. The summed E-state index contributed by atoms with van der Waals surface area (Å²) >= 11 is 0. The molecule has 1 heterocycles. The Hall–Kier alpha value is -2.63. The fourth-order valence-corrected chi connectivity index (χ4v) is 2.27. The van der Waals surface area contributed by atoms with Crippen molar-refractivity contribution in [3.05, 3.63) is 35.5 Å². The number of unbranched alkanes of at least 4 members (excludes halogenated alkanes) is 1. The highest BCUT2D eigenvalue weighted by molar-refractivity contribution is 6.01. The maximum atomic E-state index is 12.2. The van der Waals surface area contributed by atoms with E-state index in [1.54, 1.807) is 14.0 Å². The average molecular weight is 314 g/mol. The first-order valence-electron chi connectivity index (χ1n) is 7.66. The molecule has 0 saturated heterocycles. The highest BCUT2D eigenvalue weighted by atomic mass is 16.5. The number of hydrogen-bond donors (Lipinski definition) is 2. The van der Waals surface area contributed by atoms with E-state index in [1.807, 2.05) is 24.3 Å². The topological polar surface area (TPSA) is 90.1 Å². The third kappa shape index (κ3) is 3.97. The lowest BCUT2D eigenvalue weighted by Gasteiger charge is -2.12. The predicted molar refractivity (Wildman–Crippen MR) is 90.4 cm³/mol. The van der Waals surface area contributed by atoms with E-state index in [2.05, 4.69) is 22.2 Å². The van der Waals surface area contributed by atoms with Crippen LogP contribution in [0.2, 0.25) is 0 Å². The van der Waals surface area contributed by atoms with Crippen LogP contribution in [-0.2, 0) is 0 Å². The fraction of sp³-hybridized carbons (Fsp3) is 0.353. The van der Waals surface area contributed by atoms with Gasteiger partial charge in [-0.3, -0.25) is 4.79 Å². The molecule has 1 amide bonds. The van der Waals surface area contributed by atoms with E-state index in [9.17, 15) is 4.79 Å². The molecule has 1 aromatic heterocycles. The standard InChI is InChI=1S/C17H22N4O2/c1-4-5-9-23-13-8-6-7-12(10-13)15-14(16(22)19-3)11(2)20-17(18)21-15/h6-8,10H,4-5,9H2,1-3H3,(H,19,22)(H2,18,20,21). The molecule has 2 rings (SSSR count). The number of aryl methyl sites for hydroxylation is 1. The van der Waals surface area contributed by atoms with Gasteiger partial charge in [0.15, 0.2) is 0 Å². The summed E-state index contributed by atoms with van der Waals surface area (Å²) in [5.74, 6) is 0.644. The summed E-state index contributed by atoms with van der Waals surface area (Å²) in [6.07, 6.45) is 2.06. The van der Waals surface area contributed by atoms with Gasteiger partial charge in [0, 0.05) is 12.6 Å². The first kappa shape index (κ1) is 16.7. The molecule has 0 bridgehead atoms. The van der Waals surface area contributed by atoms with Gasteiger partial charge in [0.05, 0.1) is 23.6 Å². The van der Waals surface area contributed by atoms with E-state index in [4.69, 9.17) is 10.5 Å². The van der Waals surface area contributed by atoms with Crippen LogP contribution in [0, 0.1) is 6.92 Å². The summed E-state index contributed by atoms with van der Waals surface area (Å²) in [4.78, 5) is 20.5. The molecule has 122 valence electrons. The van der Waals surface area contributed by atoms with Crippen molar-refractivity contribution >= 4 is 11.9 Å². The smallest absolute Gasteiger partial charge is 0.255 e. The van der Waals surface area contributed by atoms with Crippen LogP contribution >= 0.6 is 0 Å². The minimum absolute atomic E-state index is 0.141. The largest absolute Gasteiger partial charge is 0.494 e. The van der Waals surface area contributed by atoms with Gasteiger partial charge in [-0.1, -0.05) is 25.5 Å². The Balaban J connectivity index is 2.45. The quantitative estimate of drug-likeness (QED) is 0.800. The van der Waals surface area contributed by atoms with Crippen molar-refractivity contribution in [2.24, 2.45) is 0 Å². The van der Waals surface area contributed by atoms with Crippen LogP contribution in [0.5, 0.6) is 5.75 Å². The minimum atomic E-state index is -0.241. The second kappa shape index (κ2) is 7.58. The van der Waals surface area contributed by atoms with Gasteiger partial charge in [0.1, 0.15) is 5.75 Å². The molecule has 0 radical (unpaired) electrons. The molecule has 0 aliphatic carbocycles. The fourth-order valence-electron chi connectivity index (χ4n) is 2.27. The number of nitrogens with zero attached hydrogens (tertiary/aromatic N) is 2. The number of nitrogen functional groups attached to an aromatic ring is 1. The van der Waals surface area contributed by atoms with Gasteiger partial charge in [-0.25, -0.2) is 9.97 Å². The summed E-state index contributed by atoms with van der Waals surface area (Å²) in [6, 6.07) is 7.50. The van der Waals surface area contributed by atoms with Crippen LogP contribution in [0.25, 0.3) is 11.3 Å². The van der Waals surface area contributed by atoms with Crippen LogP contribution in [0.1, 0.15) is 35.8 Å². The number of carbonyl (C=O) groups excluding carboxylic acids is 1. The summed E-state index contributed by atoms with van der Waals surface area (Å²) < 4.78 is 5.72. The Morgan fingerprint density at radius 3 is 2.83 bits per heavy atom. The molecular weight excluding hydrogens is 292 g/mol. The third-order valence-electron chi connectivity index (χ3n) is 3.44. The van der Waals surface area contributed by atoms with Gasteiger partial charge in [-0.15, -0.1) is 0 Å². The van der Waals surface area contributed by atoms with E-state index in [0.29, 0.717) is 23.6 Å². The maximum absolute atomic E-state index is 12.2. The molecule has 3 N–H and O–H groups in total. The number of nitrogens with two attached hydrogens (primary N) is 1. The number of aromatic nitrogens is 2. The molecule has 6 nitrogen and oxygen atoms in total. The van der Waals surface area contributed by atoms with E-state index >= 15 is 0 Å². The molecule has 0 saturated carbocycles. The molecule has 1 aromatic carbocycles. The van der Waals surface area contributed by atoms with Crippen molar-refractivity contribution in [3.8, 4) is 17.0 Å². The van der Waals surface area contributed by atoms with Gasteiger partial charge in [0.2, 0.25) is 5.95 Å². The van der Waals surface area contributed by atoms with Crippen molar-refractivity contribution in [2.45, 2.75) is 26.7 Å². The van der Waals surface area contributed by atoms with Crippen molar-refractivity contribution in [2.75, 3.05) is 19.4 Å². The van der Waals surface area contributed by atoms with E-state index in [0.717, 1.165) is 24.2 Å². The Labute approximate surface area is 136 Å². The highest BCUT2D eigenvalue weighted by Gasteiger charge is 2.18. The molecule has 0 unspecified atom stereocenters. The summed E-state index contributed by atoms with van der Waals surface area (Å²) in [5.41, 5.74) is 8.01.